The summed E-state index contributed by atoms with van der Waals surface area (Å²) in [5.41, 5.74) is 1.86. The number of amides is 2. The molecule has 0 fully saturated rings. The van der Waals surface area contributed by atoms with E-state index in [4.69, 9.17) is 4.42 Å². The van der Waals surface area contributed by atoms with Crippen molar-refractivity contribution in [2.45, 2.75) is 32.2 Å². The Balaban J connectivity index is 1.43. The van der Waals surface area contributed by atoms with Crippen LogP contribution < -0.4 is 10.6 Å². The maximum Gasteiger partial charge on any atom is 0.293 e. The average Bonchev–Trinajstić information content (AvgIpc) is 3.33. The first-order valence-electron chi connectivity index (χ1n) is 8.82. The van der Waals surface area contributed by atoms with Gasteiger partial charge < -0.3 is 9.73 Å². The van der Waals surface area contributed by atoms with Crippen LogP contribution in [0, 0.1) is 0 Å². The highest BCUT2D eigenvalue weighted by atomic mass is 79.9. The van der Waals surface area contributed by atoms with Gasteiger partial charge in [0.1, 0.15) is 0 Å². The molecular formula is C20H20BrN3O3S. The van der Waals surface area contributed by atoms with Crippen LogP contribution in [0.5, 0.6) is 0 Å². The number of anilines is 1. The van der Waals surface area contributed by atoms with E-state index in [1.807, 2.05) is 19.1 Å². The number of carbonyl (C=O) groups is 2. The smallest absolute Gasteiger partial charge is 0.293 e. The molecular weight excluding hydrogens is 442 g/mol. The Bertz CT molecular complexity index is 923. The van der Waals surface area contributed by atoms with Crippen LogP contribution >= 0.6 is 27.3 Å². The molecule has 2 heterocycles. The molecule has 0 aliphatic carbocycles. The van der Waals surface area contributed by atoms with Crippen LogP contribution in [0.2, 0.25) is 0 Å². The quantitative estimate of drug-likeness (QED) is 0.519. The maximum atomic E-state index is 12.2. The highest BCUT2D eigenvalue weighted by Crippen LogP contribution is 2.17. The monoisotopic (exact) mass is 461 g/mol. The minimum absolute atomic E-state index is 0.0629. The largest absolute Gasteiger partial charge is 0.459 e. The lowest BCUT2D eigenvalue weighted by molar-refractivity contribution is -0.121. The molecule has 0 bridgehead atoms. The molecule has 8 heteroatoms. The van der Waals surface area contributed by atoms with Crippen molar-refractivity contribution in [1.82, 2.24) is 10.3 Å². The highest BCUT2D eigenvalue weighted by molar-refractivity contribution is 9.10. The molecule has 2 N–H and O–H groups in total. The third kappa shape index (κ3) is 6.03. The second-order valence-corrected chi connectivity index (χ2v) is 8.16. The van der Waals surface area contributed by atoms with E-state index < -0.39 is 0 Å². The van der Waals surface area contributed by atoms with E-state index >= 15 is 0 Å². The van der Waals surface area contributed by atoms with Gasteiger partial charge in [-0.3, -0.25) is 14.9 Å². The SMILES string of the molecule is CC(CCc1ccc(Br)cc1)NC(=O)Cc1csc(NC(=O)c2ccco2)n1. The summed E-state index contributed by atoms with van der Waals surface area (Å²) in [5.74, 6) is -0.233. The molecule has 6 nitrogen and oxygen atoms in total. The third-order valence-electron chi connectivity index (χ3n) is 4.05. The van der Waals surface area contributed by atoms with Gasteiger partial charge in [-0.1, -0.05) is 28.1 Å². The Kier molecular flexibility index (Phi) is 7.00. The van der Waals surface area contributed by atoms with Gasteiger partial charge in [0.05, 0.1) is 18.4 Å². The van der Waals surface area contributed by atoms with Crippen molar-refractivity contribution in [1.29, 1.82) is 0 Å². The maximum absolute atomic E-state index is 12.2. The molecule has 2 aromatic heterocycles. The van der Waals surface area contributed by atoms with Crippen LogP contribution in [0.25, 0.3) is 0 Å². The van der Waals surface area contributed by atoms with E-state index in [9.17, 15) is 9.59 Å². The van der Waals surface area contributed by atoms with Gasteiger partial charge in [0, 0.05) is 15.9 Å². The summed E-state index contributed by atoms with van der Waals surface area (Å²) in [6, 6.07) is 11.5. The van der Waals surface area contributed by atoms with E-state index in [1.165, 1.54) is 23.2 Å². The summed E-state index contributed by atoms with van der Waals surface area (Å²) >= 11 is 4.70. The van der Waals surface area contributed by atoms with E-state index in [0.29, 0.717) is 10.8 Å². The summed E-state index contributed by atoms with van der Waals surface area (Å²) in [6.45, 7) is 1.99. The first kappa shape index (κ1) is 20.3. The first-order valence-corrected chi connectivity index (χ1v) is 10.5. The number of halogens is 1. The second kappa shape index (κ2) is 9.66. The van der Waals surface area contributed by atoms with Crippen LogP contribution in [0.3, 0.4) is 0 Å². The van der Waals surface area contributed by atoms with E-state index in [0.717, 1.165) is 17.3 Å². The molecule has 1 aromatic carbocycles. The molecule has 0 aliphatic heterocycles. The summed E-state index contributed by atoms with van der Waals surface area (Å²) in [4.78, 5) is 28.5. The topological polar surface area (TPSA) is 84.2 Å². The summed E-state index contributed by atoms with van der Waals surface area (Å²) in [7, 11) is 0. The minimum Gasteiger partial charge on any atom is -0.459 e. The fraction of sp³-hybridized carbons (Fsp3) is 0.250. The minimum atomic E-state index is -0.364. The molecule has 146 valence electrons. The van der Waals surface area contributed by atoms with Gasteiger partial charge in [-0.2, -0.15) is 0 Å². The number of aryl methyl sites for hydroxylation is 1. The van der Waals surface area contributed by atoms with E-state index in [-0.39, 0.29) is 30.0 Å². The van der Waals surface area contributed by atoms with Crippen LogP contribution in [0.15, 0.2) is 56.9 Å². The number of hydrogen-bond acceptors (Lipinski definition) is 5. The second-order valence-electron chi connectivity index (χ2n) is 6.39. The van der Waals surface area contributed by atoms with Gasteiger partial charge in [0.25, 0.3) is 5.91 Å². The van der Waals surface area contributed by atoms with Gasteiger partial charge >= 0.3 is 0 Å². The standard InChI is InChI=1S/C20H20BrN3O3S/c1-13(4-5-14-6-8-15(21)9-7-14)22-18(25)11-16-12-28-20(23-16)24-19(26)17-3-2-10-27-17/h2-3,6-10,12-13H,4-5,11H2,1H3,(H,22,25)(H,23,24,26). The van der Waals surface area contributed by atoms with E-state index in [1.54, 1.807) is 17.5 Å². The van der Waals surface area contributed by atoms with Crippen molar-refractivity contribution < 1.29 is 14.0 Å². The predicted molar refractivity (Wildman–Crippen MR) is 113 cm³/mol. The summed E-state index contributed by atoms with van der Waals surface area (Å²) in [6.07, 6.45) is 3.36. The summed E-state index contributed by atoms with van der Waals surface area (Å²) < 4.78 is 6.10. The van der Waals surface area contributed by atoms with Crippen molar-refractivity contribution in [3.8, 4) is 0 Å². The van der Waals surface area contributed by atoms with Gasteiger partial charge in [-0.15, -0.1) is 11.3 Å². The Labute approximate surface area is 175 Å². The van der Waals surface area contributed by atoms with Crippen LogP contribution in [0.1, 0.15) is 35.2 Å². The molecule has 2 amide bonds. The molecule has 3 aromatic rings. The van der Waals surface area contributed by atoms with Crippen molar-refractivity contribution in [2.75, 3.05) is 5.32 Å². The zero-order valence-corrected chi connectivity index (χ0v) is 17.7. The normalized spacial score (nSPS) is 11.8. The average molecular weight is 462 g/mol. The molecule has 0 radical (unpaired) electrons. The third-order valence-corrected chi connectivity index (χ3v) is 5.38. The zero-order chi connectivity index (χ0) is 19.9. The predicted octanol–water partition coefficient (Wildman–Crippen LogP) is 4.43. The molecule has 0 spiro atoms. The van der Waals surface area contributed by atoms with Crippen LogP contribution in [0.4, 0.5) is 5.13 Å². The molecule has 0 saturated heterocycles. The lowest BCUT2D eigenvalue weighted by atomic mass is 10.1. The molecule has 0 saturated carbocycles. The number of thiazole rings is 1. The fourth-order valence-corrected chi connectivity index (χ4v) is 3.58. The van der Waals surface area contributed by atoms with Crippen molar-refractivity contribution in [3.63, 3.8) is 0 Å². The van der Waals surface area contributed by atoms with Crippen molar-refractivity contribution in [2.24, 2.45) is 0 Å². The Morgan fingerprint density at radius 2 is 2.04 bits per heavy atom. The number of nitrogens with one attached hydrogen (secondary N) is 2. The number of hydrogen-bond donors (Lipinski definition) is 2. The number of nitrogens with zero attached hydrogens (tertiary/aromatic N) is 1. The number of carbonyl (C=O) groups excluding carboxylic acids is 2. The summed E-state index contributed by atoms with van der Waals surface area (Å²) in [5, 5.41) is 7.86. The number of furan rings is 1. The first-order chi connectivity index (χ1) is 13.5. The molecule has 1 atom stereocenters. The Morgan fingerprint density at radius 1 is 1.25 bits per heavy atom. The van der Waals surface area contributed by atoms with Crippen molar-refractivity contribution >= 4 is 44.2 Å². The molecule has 0 aliphatic rings. The van der Waals surface area contributed by atoms with Crippen LogP contribution in [-0.2, 0) is 17.6 Å². The Hall–Kier alpha value is -2.45. The van der Waals surface area contributed by atoms with Crippen molar-refractivity contribution in [3.05, 3.63) is 69.5 Å². The Morgan fingerprint density at radius 3 is 2.75 bits per heavy atom. The van der Waals surface area contributed by atoms with Gasteiger partial charge in [-0.25, -0.2) is 4.98 Å². The van der Waals surface area contributed by atoms with E-state index in [2.05, 4.69) is 43.7 Å². The zero-order valence-electron chi connectivity index (χ0n) is 15.3. The lowest BCUT2D eigenvalue weighted by Crippen LogP contribution is -2.34. The molecule has 1 unspecified atom stereocenters. The number of rotatable bonds is 8. The number of benzene rings is 1. The number of aromatic nitrogens is 1. The highest BCUT2D eigenvalue weighted by Gasteiger charge is 2.14. The fourth-order valence-electron chi connectivity index (χ4n) is 2.61. The van der Waals surface area contributed by atoms with Gasteiger partial charge in [0.15, 0.2) is 10.9 Å². The lowest BCUT2D eigenvalue weighted by Gasteiger charge is -2.13. The molecule has 3 rings (SSSR count). The van der Waals surface area contributed by atoms with Crippen LogP contribution in [-0.4, -0.2) is 22.8 Å². The van der Waals surface area contributed by atoms with Gasteiger partial charge in [-0.05, 0) is 49.6 Å². The molecule has 28 heavy (non-hydrogen) atoms. The van der Waals surface area contributed by atoms with Gasteiger partial charge in [0.2, 0.25) is 5.91 Å².